The summed E-state index contributed by atoms with van der Waals surface area (Å²) in [6.07, 6.45) is 3.31. The Labute approximate surface area is 123 Å². The Kier molecular flexibility index (Phi) is 4.25. The molecule has 2 aromatic rings. The van der Waals surface area contributed by atoms with Crippen LogP contribution in [0.1, 0.15) is 5.56 Å². The molecular weight excluding hydrogens is 274 g/mol. The third-order valence-corrected chi connectivity index (χ3v) is 3.61. The number of halogens is 1. The fourth-order valence-corrected chi connectivity index (χ4v) is 2.46. The van der Waals surface area contributed by atoms with Gasteiger partial charge in [-0.3, -0.25) is 9.88 Å². The van der Waals surface area contributed by atoms with E-state index in [2.05, 4.69) is 33.1 Å². The van der Waals surface area contributed by atoms with Crippen molar-refractivity contribution in [1.82, 2.24) is 14.9 Å². The van der Waals surface area contributed by atoms with Crippen LogP contribution in [-0.4, -0.2) is 41.2 Å². The van der Waals surface area contributed by atoms with E-state index in [1.165, 1.54) is 5.56 Å². The predicted molar refractivity (Wildman–Crippen MR) is 78.6 cm³/mol. The van der Waals surface area contributed by atoms with Gasteiger partial charge in [-0.15, -0.1) is 0 Å². The van der Waals surface area contributed by atoms with Crippen molar-refractivity contribution in [2.75, 3.05) is 26.3 Å². The van der Waals surface area contributed by atoms with Crippen molar-refractivity contribution >= 4 is 11.6 Å². The molecular formula is C15H16ClN3O. The van der Waals surface area contributed by atoms with Crippen LogP contribution in [0.4, 0.5) is 0 Å². The van der Waals surface area contributed by atoms with Gasteiger partial charge in [-0.05, 0) is 5.56 Å². The van der Waals surface area contributed by atoms with Crippen LogP contribution >= 0.6 is 11.6 Å². The summed E-state index contributed by atoms with van der Waals surface area (Å²) in [4.78, 5) is 10.9. The van der Waals surface area contributed by atoms with Crippen LogP contribution in [0.3, 0.4) is 0 Å². The first-order valence-electron chi connectivity index (χ1n) is 6.69. The van der Waals surface area contributed by atoms with Crippen LogP contribution in [0.5, 0.6) is 0 Å². The maximum absolute atomic E-state index is 5.80. The molecule has 0 radical (unpaired) electrons. The molecule has 1 saturated heterocycles. The van der Waals surface area contributed by atoms with Gasteiger partial charge in [-0.2, -0.15) is 0 Å². The van der Waals surface area contributed by atoms with Gasteiger partial charge in [0.1, 0.15) is 5.15 Å². The Morgan fingerprint density at radius 1 is 1.10 bits per heavy atom. The SMILES string of the molecule is Clc1cnc(-c2ccccc2CN2CCOCC2)cn1. The van der Waals surface area contributed by atoms with Gasteiger partial charge in [0.25, 0.3) is 0 Å². The summed E-state index contributed by atoms with van der Waals surface area (Å²) >= 11 is 5.80. The lowest BCUT2D eigenvalue weighted by Crippen LogP contribution is -2.35. The fraction of sp³-hybridized carbons (Fsp3) is 0.333. The zero-order valence-electron chi connectivity index (χ0n) is 11.1. The molecule has 0 unspecified atom stereocenters. The molecule has 20 heavy (non-hydrogen) atoms. The Morgan fingerprint density at radius 2 is 1.90 bits per heavy atom. The lowest BCUT2D eigenvalue weighted by atomic mass is 10.0. The number of rotatable bonds is 3. The van der Waals surface area contributed by atoms with Gasteiger partial charge in [-0.1, -0.05) is 35.9 Å². The summed E-state index contributed by atoms with van der Waals surface area (Å²) < 4.78 is 5.39. The highest BCUT2D eigenvalue weighted by Gasteiger charge is 2.13. The van der Waals surface area contributed by atoms with Crippen LogP contribution in [0, 0.1) is 0 Å². The molecule has 1 aromatic heterocycles. The molecule has 0 N–H and O–H groups in total. The minimum atomic E-state index is 0.416. The molecule has 1 aromatic carbocycles. The smallest absolute Gasteiger partial charge is 0.147 e. The normalized spacial score (nSPS) is 16.2. The van der Waals surface area contributed by atoms with E-state index in [9.17, 15) is 0 Å². The molecule has 0 atom stereocenters. The molecule has 5 heteroatoms. The molecule has 1 aliphatic rings. The highest BCUT2D eigenvalue weighted by molar-refractivity contribution is 6.29. The van der Waals surface area contributed by atoms with Gasteiger partial charge in [0.05, 0.1) is 31.3 Å². The zero-order chi connectivity index (χ0) is 13.8. The van der Waals surface area contributed by atoms with Crippen molar-refractivity contribution < 1.29 is 4.74 Å². The van der Waals surface area contributed by atoms with Gasteiger partial charge in [0, 0.05) is 25.2 Å². The van der Waals surface area contributed by atoms with Gasteiger partial charge < -0.3 is 4.74 Å². The Morgan fingerprint density at radius 3 is 2.65 bits per heavy atom. The third-order valence-electron chi connectivity index (χ3n) is 3.41. The van der Waals surface area contributed by atoms with Gasteiger partial charge in [0.15, 0.2) is 0 Å². The minimum absolute atomic E-state index is 0.416. The average molecular weight is 290 g/mol. The lowest BCUT2D eigenvalue weighted by molar-refractivity contribution is 0.0342. The summed E-state index contributed by atoms with van der Waals surface area (Å²) in [7, 11) is 0. The first-order valence-corrected chi connectivity index (χ1v) is 7.06. The maximum Gasteiger partial charge on any atom is 0.147 e. The van der Waals surface area contributed by atoms with Crippen LogP contribution in [0.15, 0.2) is 36.7 Å². The monoisotopic (exact) mass is 289 g/mol. The molecule has 0 saturated carbocycles. The van der Waals surface area contributed by atoms with E-state index in [0.29, 0.717) is 5.15 Å². The van der Waals surface area contributed by atoms with E-state index >= 15 is 0 Å². The highest BCUT2D eigenvalue weighted by atomic mass is 35.5. The quantitative estimate of drug-likeness (QED) is 0.871. The van der Waals surface area contributed by atoms with Crippen LogP contribution in [0.25, 0.3) is 11.3 Å². The summed E-state index contributed by atoms with van der Waals surface area (Å²) in [6.45, 7) is 4.47. The summed E-state index contributed by atoms with van der Waals surface area (Å²) in [5.74, 6) is 0. The van der Waals surface area contributed by atoms with Crippen molar-refractivity contribution in [2.45, 2.75) is 6.54 Å². The molecule has 104 valence electrons. The van der Waals surface area contributed by atoms with Crippen LogP contribution < -0.4 is 0 Å². The molecule has 0 aliphatic carbocycles. The van der Waals surface area contributed by atoms with Crippen molar-refractivity contribution in [2.24, 2.45) is 0 Å². The fourth-order valence-electron chi connectivity index (χ4n) is 2.36. The number of benzene rings is 1. The number of hydrogen-bond acceptors (Lipinski definition) is 4. The molecule has 3 rings (SSSR count). The molecule has 2 heterocycles. The number of hydrogen-bond donors (Lipinski definition) is 0. The molecule has 0 spiro atoms. The second-order valence-corrected chi connectivity index (χ2v) is 5.16. The Hall–Kier alpha value is -1.49. The van der Waals surface area contributed by atoms with Crippen LogP contribution in [-0.2, 0) is 11.3 Å². The Bertz CT molecular complexity index is 568. The molecule has 1 fully saturated rings. The lowest BCUT2D eigenvalue weighted by Gasteiger charge is -2.27. The van der Waals surface area contributed by atoms with Crippen LogP contribution in [0.2, 0.25) is 5.15 Å². The van der Waals surface area contributed by atoms with E-state index in [-0.39, 0.29) is 0 Å². The topological polar surface area (TPSA) is 38.2 Å². The molecule has 1 aliphatic heterocycles. The van der Waals surface area contributed by atoms with Gasteiger partial charge >= 0.3 is 0 Å². The van der Waals surface area contributed by atoms with Crippen molar-refractivity contribution in [3.05, 3.63) is 47.4 Å². The number of nitrogens with zero attached hydrogens (tertiary/aromatic N) is 3. The standard InChI is InChI=1S/C15H16ClN3O/c16-15-10-17-14(9-18-15)13-4-2-1-3-12(13)11-19-5-7-20-8-6-19/h1-4,9-10H,5-8,11H2. The van der Waals surface area contributed by atoms with E-state index in [1.54, 1.807) is 12.4 Å². The number of ether oxygens (including phenoxy) is 1. The molecule has 4 nitrogen and oxygen atoms in total. The summed E-state index contributed by atoms with van der Waals surface area (Å²) in [6, 6.07) is 8.30. The Balaban J connectivity index is 1.85. The van der Waals surface area contributed by atoms with E-state index in [0.717, 1.165) is 44.1 Å². The maximum atomic E-state index is 5.80. The minimum Gasteiger partial charge on any atom is -0.379 e. The predicted octanol–water partition coefficient (Wildman–Crippen LogP) is 2.63. The summed E-state index contributed by atoms with van der Waals surface area (Å²) in [5, 5.41) is 0.416. The molecule has 0 amide bonds. The first-order chi connectivity index (χ1) is 9.83. The van der Waals surface area contributed by atoms with Crippen molar-refractivity contribution in [1.29, 1.82) is 0 Å². The molecule has 0 bridgehead atoms. The van der Waals surface area contributed by atoms with Gasteiger partial charge in [0.2, 0.25) is 0 Å². The number of aromatic nitrogens is 2. The van der Waals surface area contributed by atoms with E-state index in [4.69, 9.17) is 16.3 Å². The van der Waals surface area contributed by atoms with Gasteiger partial charge in [-0.25, -0.2) is 4.98 Å². The second kappa shape index (κ2) is 6.31. The number of morpholine rings is 1. The largest absolute Gasteiger partial charge is 0.379 e. The summed E-state index contributed by atoms with van der Waals surface area (Å²) in [5.41, 5.74) is 3.23. The average Bonchev–Trinajstić information content (AvgIpc) is 2.50. The van der Waals surface area contributed by atoms with E-state index in [1.807, 2.05) is 6.07 Å². The first kappa shape index (κ1) is 13.5. The second-order valence-electron chi connectivity index (χ2n) is 4.77. The zero-order valence-corrected chi connectivity index (χ0v) is 11.9. The van der Waals surface area contributed by atoms with Crippen molar-refractivity contribution in [3.8, 4) is 11.3 Å². The highest BCUT2D eigenvalue weighted by Crippen LogP contribution is 2.23. The third kappa shape index (κ3) is 3.15. The van der Waals surface area contributed by atoms with E-state index < -0.39 is 0 Å². The van der Waals surface area contributed by atoms with Crippen molar-refractivity contribution in [3.63, 3.8) is 0 Å².